The van der Waals surface area contributed by atoms with Crippen molar-refractivity contribution in [2.75, 3.05) is 20.3 Å². The van der Waals surface area contributed by atoms with E-state index in [4.69, 9.17) is 19.1 Å². The van der Waals surface area contributed by atoms with Crippen molar-refractivity contribution >= 4 is 11.1 Å². The summed E-state index contributed by atoms with van der Waals surface area (Å²) in [5.74, 6) is 1.14. The first-order chi connectivity index (χ1) is 18.5. The Morgan fingerprint density at radius 2 is 1.97 bits per heavy atom. The van der Waals surface area contributed by atoms with Crippen LogP contribution in [-0.4, -0.2) is 45.0 Å². The molecule has 8 nitrogen and oxygen atoms in total. The van der Waals surface area contributed by atoms with Crippen LogP contribution in [-0.2, 0) is 18.3 Å². The smallest absolute Gasteiger partial charge is 0.246 e. The van der Waals surface area contributed by atoms with Crippen LogP contribution in [0.5, 0.6) is 0 Å². The molecular weight excluding hydrogens is 483 g/mol. The average Bonchev–Trinajstić information content (AvgIpc) is 3.53. The Kier molecular flexibility index (Phi) is 6.47. The molecule has 5 aromatic rings. The molecule has 9 heteroatoms. The highest BCUT2D eigenvalue weighted by Gasteiger charge is 2.27. The largest absolute Gasteiger partial charge is 0.434 e. The first kappa shape index (κ1) is 24.4. The lowest BCUT2D eigenvalue weighted by atomic mass is 9.97. The number of hydrogen-bond donors (Lipinski definition) is 1. The summed E-state index contributed by atoms with van der Waals surface area (Å²) in [5.41, 5.74) is 7.79. The lowest BCUT2D eigenvalue weighted by Gasteiger charge is -2.12. The van der Waals surface area contributed by atoms with Gasteiger partial charge in [0, 0.05) is 44.4 Å². The van der Waals surface area contributed by atoms with Crippen LogP contribution in [0.4, 0.5) is 4.39 Å². The summed E-state index contributed by atoms with van der Waals surface area (Å²) in [7, 11) is 3.54. The number of aromatic nitrogens is 5. The van der Waals surface area contributed by atoms with Gasteiger partial charge in [-0.05, 0) is 72.4 Å². The molecule has 6 rings (SSSR count). The first-order valence-corrected chi connectivity index (χ1v) is 12.8. The number of aryl methyl sites for hydroxylation is 2. The Labute approximate surface area is 219 Å². The number of halogens is 1. The van der Waals surface area contributed by atoms with Crippen molar-refractivity contribution in [3.8, 4) is 34.1 Å². The summed E-state index contributed by atoms with van der Waals surface area (Å²) < 4.78 is 27.5. The van der Waals surface area contributed by atoms with E-state index in [2.05, 4.69) is 27.6 Å². The molecule has 1 aliphatic rings. The summed E-state index contributed by atoms with van der Waals surface area (Å²) in [5, 5.41) is 11.6. The van der Waals surface area contributed by atoms with Crippen molar-refractivity contribution in [1.29, 1.82) is 0 Å². The maximum absolute atomic E-state index is 14.3. The molecule has 0 aliphatic heterocycles. The van der Waals surface area contributed by atoms with Crippen LogP contribution in [0.3, 0.4) is 0 Å². The van der Waals surface area contributed by atoms with Gasteiger partial charge in [-0.2, -0.15) is 0 Å². The molecule has 0 radical (unpaired) electrons. The number of rotatable bonds is 9. The van der Waals surface area contributed by atoms with E-state index in [9.17, 15) is 4.39 Å². The van der Waals surface area contributed by atoms with E-state index in [0.29, 0.717) is 35.5 Å². The Bertz CT molecular complexity index is 1620. The van der Waals surface area contributed by atoms with Crippen LogP contribution < -0.4 is 5.32 Å². The Hall–Kier alpha value is -3.95. The van der Waals surface area contributed by atoms with Crippen molar-refractivity contribution in [2.45, 2.75) is 32.2 Å². The van der Waals surface area contributed by atoms with Gasteiger partial charge in [0.05, 0.1) is 6.61 Å². The van der Waals surface area contributed by atoms with E-state index in [1.807, 2.05) is 26.1 Å². The molecule has 0 unspecified atom stereocenters. The third-order valence-corrected chi connectivity index (χ3v) is 6.85. The number of fused-ring (bicyclic) bond motifs is 1. The summed E-state index contributed by atoms with van der Waals surface area (Å²) in [6, 6.07) is 13.0. The number of methoxy groups -OCH3 is 1. The molecule has 0 saturated heterocycles. The second kappa shape index (κ2) is 10.1. The van der Waals surface area contributed by atoms with Gasteiger partial charge in [-0.15, -0.1) is 10.2 Å². The molecule has 1 aliphatic carbocycles. The molecule has 1 fully saturated rings. The number of ether oxygens (including phenoxy) is 1. The zero-order chi connectivity index (χ0) is 26.2. The predicted molar refractivity (Wildman–Crippen MR) is 143 cm³/mol. The van der Waals surface area contributed by atoms with Crippen LogP contribution in [0.15, 0.2) is 53.2 Å². The maximum Gasteiger partial charge on any atom is 0.246 e. The lowest BCUT2D eigenvalue weighted by molar-refractivity contribution is 0.199. The third-order valence-electron chi connectivity index (χ3n) is 6.85. The Morgan fingerprint density at radius 1 is 1.11 bits per heavy atom. The highest BCUT2D eigenvalue weighted by atomic mass is 19.1. The van der Waals surface area contributed by atoms with Gasteiger partial charge >= 0.3 is 0 Å². The van der Waals surface area contributed by atoms with Gasteiger partial charge in [0.2, 0.25) is 5.89 Å². The van der Waals surface area contributed by atoms with Crippen LogP contribution in [0.25, 0.3) is 45.2 Å². The molecule has 194 valence electrons. The van der Waals surface area contributed by atoms with E-state index >= 15 is 0 Å². The topological polar surface area (TPSA) is 90.9 Å². The monoisotopic (exact) mass is 512 g/mol. The summed E-state index contributed by atoms with van der Waals surface area (Å²) in [6.45, 7) is 4.18. The number of nitrogens with one attached hydrogen (secondary N) is 1. The quantitative estimate of drug-likeness (QED) is 0.264. The molecule has 0 amide bonds. The van der Waals surface area contributed by atoms with Crippen molar-refractivity contribution in [2.24, 2.45) is 7.05 Å². The highest BCUT2D eigenvalue weighted by Crippen LogP contribution is 2.42. The van der Waals surface area contributed by atoms with Crippen molar-refractivity contribution in [3.05, 3.63) is 71.4 Å². The van der Waals surface area contributed by atoms with Gasteiger partial charge in [0.25, 0.3) is 0 Å². The molecular formula is C29H29FN6O2. The van der Waals surface area contributed by atoms with E-state index in [1.165, 1.54) is 12.1 Å². The van der Waals surface area contributed by atoms with Gasteiger partial charge in [-0.25, -0.2) is 14.4 Å². The minimum Gasteiger partial charge on any atom is -0.434 e. The molecule has 1 saturated carbocycles. The first-order valence-electron chi connectivity index (χ1n) is 12.8. The molecule has 0 spiro atoms. The Morgan fingerprint density at radius 3 is 2.74 bits per heavy atom. The fraction of sp³-hybridized carbons (Fsp3) is 0.310. The highest BCUT2D eigenvalue weighted by molar-refractivity contribution is 5.84. The SMILES string of the molecule is COCCNCc1cc(C)c2oc(-c3cc(-c4ccc(F)cc4-c4nncn4C)cc(C4CC4)n3)nc2c1. The predicted octanol–water partition coefficient (Wildman–Crippen LogP) is 5.41. The van der Waals surface area contributed by atoms with Gasteiger partial charge in [-0.1, -0.05) is 12.1 Å². The van der Waals surface area contributed by atoms with E-state index in [1.54, 1.807) is 24.1 Å². The summed E-state index contributed by atoms with van der Waals surface area (Å²) in [6.07, 6.45) is 3.81. The molecule has 38 heavy (non-hydrogen) atoms. The second-order valence-corrected chi connectivity index (χ2v) is 9.85. The van der Waals surface area contributed by atoms with Crippen LogP contribution in [0.1, 0.15) is 35.6 Å². The molecule has 2 aromatic carbocycles. The van der Waals surface area contributed by atoms with E-state index in [0.717, 1.165) is 65.0 Å². The zero-order valence-electron chi connectivity index (χ0n) is 21.7. The van der Waals surface area contributed by atoms with Crippen LogP contribution >= 0.6 is 0 Å². The summed E-state index contributed by atoms with van der Waals surface area (Å²) >= 11 is 0. The minimum absolute atomic E-state index is 0.328. The van der Waals surface area contributed by atoms with Crippen molar-refractivity contribution in [1.82, 2.24) is 30.0 Å². The Balaban J connectivity index is 1.43. The molecule has 0 atom stereocenters. The third kappa shape index (κ3) is 4.82. The summed E-state index contributed by atoms with van der Waals surface area (Å²) in [4.78, 5) is 9.78. The molecule has 1 N–H and O–H groups in total. The van der Waals surface area contributed by atoms with Gasteiger partial charge < -0.3 is 19.0 Å². The van der Waals surface area contributed by atoms with Crippen LogP contribution in [0.2, 0.25) is 0 Å². The number of nitrogens with zero attached hydrogens (tertiary/aromatic N) is 5. The number of pyridine rings is 1. The van der Waals surface area contributed by atoms with Gasteiger partial charge in [0.15, 0.2) is 11.4 Å². The number of oxazole rings is 1. The number of hydrogen-bond acceptors (Lipinski definition) is 7. The van der Waals surface area contributed by atoms with Gasteiger partial charge in [0.1, 0.15) is 23.4 Å². The van der Waals surface area contributed by atoms with Crippen LogP contribution in [0, 0.1) is 12.7 Å². The standard InChI is InChI=1S/C29H29FN6O2/c1-17-10-18(15-31-8-9-37-3)11-25-27(17)38-29(34-25)26-13-20(12-24(33-26)19-4-5-19)22-7-6-21(30)14-23(22)28-35-32-16-36(28)2/h6-7,10-14,16,19,31H,4-5,8-9,15H2,1-3H3. The van der Waals surface area contributed by atoms with Crippen molar-refractivity contribution in [3.63, 3.8) is 0 Å². The molecule has 3 heterocycles. The zero-order valence-corrected chi connectivity index (χ0v) is 21.7. The fourth-order valence-corrected chi connectivity index (χ4v) is 4.78. The normalized spacial score (nSPS) is 13.5. The maximum atomic E-state index is 14.3. The lowest BCUT2D eigenvalue weighted by Crippen LogP contribution is -2.18. The fourth-order valence-electron chi connectivity index (χ4n) is 4.78. The van der Waals surface area contributed by atoms with E-state index in [-0.39, 0.29) is 5.82 Å². The second-order valence-electron chi connectivity index (χ2n) is 9.85. The van der Waals surface area contributed by atoms with Gasteiger partial charge in [-0.3, -0.25) is 0 Å². The van der Waals surface area contributed by atoms with Crippen molar-refractivity contribution < 1.29 is 13.5 Å². The number of benzene rings is 2. The minimum atomic E-state index is -0.328. The molecule has 3 aromatic heterocycles. The molecule has 0 bridgehead atoms. The van der Waals surface area contributed by atoms with E-state index < -0.39 is 0 Å². The average molecular weight is 513 g/mol.